The van der Waals surface area contributed by atoms with Gasteiger partial charge in [-0.25, -0.2) is 18.1 Å². The summed E-state index contributed by atoms with van der Waals surface area (Å²) >= 11 is -0.407. The molecule has 0 radical (unpaired) electrons. The Bertz CT molecular complexity index is 1600. The molecule has 258 valence electrons. The fourth-order valence-electron chi connectivity index (χ4n) is 5.88. The third-order valence-electron chi connectivity index (χ3n) is 8.35. The first-order valence-electron chi connectivity index (χ1n) is 15.8. The van der Waals surface area contributed by atoms with Gasteiger partial charge in [-0.2, -0.15) is 16.1 Å². The number of thiol groups is 1. The van der Waals surface area contributed by atoms with Gasteiger partial charge in [0.2, 0.25) is 11.8 Å². The fraction of sp³-hybridized carbons (Fsp3) is 0.500. The number of sulfonamides is 1. The van der Waals surface area contributed by atoms with Crippen LogP contribution in [0, 0.1) is 19.3 Å². The number of aliphatic hydroxyl groups excluding tert-OH is 2. The molecule has 0 aliphatic carbocycles. The maximum absolute atomic E-state index is 13.4. The van der Waals surface area contributed by atoms with Crippen molar-refractivity contribution in [1.82, 2.24) is 19.2 Å². The summed E-state index contributed by atoms with van der Waals surface area (Å²) in [7, 11) is -1.99. The predicted molar refractivity (Wildman–Crippen MR) is 189 cm³/mol. The number of carbonyl (C=O) groups excluding carboxylic acids is 1. The highest BCUT2D eigenvalue weighted by molar-refractivity contribution is 8.16. The molecule has 0 bridgehead atoms. The number of aromatic nitrogens is 2. The monoisotopic (exact) mass is 687 g/mol. The number of aryl methyl sites for hydroxylation is 2. The highest BCUT2D eigenvalue weighted by Gasteiger charge is 2.37. The number of carbonyl (C=O) groups is 1. The van der Waals surface area contributed by atoms with E-state index in [1.165, 1.54) is 24.3 Å². The van der Waals surface area contributed by atoms with Crippen molar-refractivity contribution in [2.45, 2.75) is 58.0 Å². The molecule has 1 saturated heterocycles. The van der Waals surface area contributed by atoms with Gasteiger partial charge in [-0.3, -0.25) is 14.0 Å². The van der Waals surface area contributed by atoms with Crippen molar-refractivity contribution in [3.8, 4) is 17.1 Å². The second-order valence-corrected chi connectivity index (χ2v) is 17.3. The minimum absolute atomic E-state index is 0.0164. The minimum atomic E-state index is -4.11. The molecule has 2 heterocycles. The van der Waals surface area contributed by atoms with Crippen molar-refractivity contribution in [1.29, 1.82) is 0 Å². The average molecular weight is 688 g/mol. The zero-order valence-corrected chi connectivity index (χ0v) is 29.9. The van der Waals surface area contributed by atoms with E-state index < -0.39 is 21.1 Å². The number of likely N-dealkylation sites (N-methyl/N-ethyl adjacent to an activating group) is 1. The lowest BCUT2D eigenvalue weighted by atomic mass is 9.87. The average Bonchev–Trinajstić information content (AvgIpc) is 2.98. The molecule has 47 heavy (non-hydrogen) atoms. The lowest BCUT2D eigenvalue weighted by molar-refractivity contribution is 0.0946. The van der Waals surface area contributed by atoms with Crippen LogP contribution in [0.25, 0.3) is 11.3 Å². The lowest BCUT2D eigenvalue weighted by Gasteiger charge is -2.51. The van der Waals surface area contributed by atoms with Gasteiger partial charge in [0.25, 0.3) is 10.0 Å². The van der Waals surface area contributed by atoms with Crippen molar-refractivity contribution in [3.63, 3.8) is 0 Å². The lowest BCUT2D eigenvalue weighted by Crippen LogP contribution is -2.54. The Morgan fingerprint density at radius 2 is 1.68 bits per heavy atom. The summed E-state index contributed by atoms with van der Waals surface area (Å²) in [5.41, 5.74) is 3.61. The number of rotatable bonds is 16. The molecular weight excluding hydrogens is 639 g/mol. The van der Waals surface area contributed by atoms with Crippen molar-refractivity contribution < 1.29 is 28.2 Å². The van der Waals surface area contributed by atoms with Crippen LogP contribution in [0.15, 0.2) is 53.4 Å². The summed E-state index contributed by atoms with van der Waals surface area (Å²) < 4.78 is 37.8. The molecule has 11 nitrogen and oxygen atoms in total. The highest BCUT2D eigenvalue weighted by Crippen LogP contribution is 2.43. The maximum atomic E-state index is 13.4. The van der Waals surface area contributed by atoms with Crippen LogP contribution in [0.2, 0.25) is 0 Å². The molecule has 3 N–H and O–H groups in total. The van der Waals surface area contributed by atoms with Crippen LogP contribution in [-0.2, 0) is 10.0 Å². The van der Waals surface area contributed by atoms with E-state index in [1.807, 2.05) is 32.0 Å². The smallest absolute Gasteiger partial charge is 0.264 e. The van der Waals surface area contributed by atoms with Crippen LogP contribution >= 0.6 is 11.1 Å². The van der Waals surface area contributed by atoms with E-state index in [1.54, 1.807) is 6.07 Å². The molecule has 0 unspecified atom stereocenters. The highest BCUT2D eigenvalue weighted by atomic mass is 32.2. The SMILES string of the molecule is Cc1cccc(C)c1-c1cc(OC[C@@H](CC(C)(C)C)N(C)C2C[SH](N(CCO)CCO)C2)nc(NS(=O)(=O)c2cccc(C=O)c2)n1. The molecule has 1 atom stereocenters. The molecule has 0 spiro atoms. The Morgan fingerprint density at radius 1 is 1.04 bits per heavy atom. The fourth-order valence-corrected chi connectivity index (χ4v) is 9.47. The van der Waals surface area contributed by atoms with E-state index in [4.69, 9.17) is 4.74 Å². The van der Waals surface area contributed by atoms with E-state index >= 15 is 0 Å². The van der Waals surface area contributed by atoms with Gasteiger partial charge >= 0.3 is 0 Å². The largest absolute Gasteiger partial charge is 0.476 e. The molecule has 1 aliphatic heterocycles. The van der Waals surface area contributed by atoms with Gasteiger partial charge in [-0.15, -0.1) is 0 Å². The third kappa shape index (κ3) is 9.74. The molecule has 1 fully saturated rings. The van der Waals surface area contributed by atoms with Crippen LogP contribution < -0.4 is 9.46 Å². The molecule has 0 saturated carbocycles. The number of benzene rings is 2. The zero-order chi connectivity index (χ0) is 34.4. The Morgan fingerprint density at radius 3 is 2.28 bits per heavy atom. The van der Waals surface area contributed by atoms with E-state index in [2.05, 4.69) is 51.7 Å². The van der Waals surface area contributed by atoms with E-state index in [-0.39, 0.29) is 47.0 Å². The van der Waals surface area contributed by atoms with Gasteiger partial charge in [0.05, 0.1) is 23.8 Å². The van der Waals surface area contributed by atoms with Gasteiger partial charge in [-0.1, -0.05) is 51.1 Å². The van der Waals surface area contributed by atoms with E-state index in [0.29, 0.717) is 37.7 Å². The Labute approximate surface area is 281 Å². The van der Waals surface area contributed by atoms with Gasteiger partial charge in [0.1, 0.15) is 12.9 Å². The van der Waals surface area contributed by atoms with Crippen LogP contribution in [-0.4, -0.2) is 108 Å². The summed E-state index contributed by atoms with van der Waals surface area (Å²) in [6, 6.07) is 13.8. The molecule has 3 aromatic rings. The first kappa shape index (κ1) is 36.8. The van der Waals surface area contributed by atoms with Crippen molar-refractivity contribution >= 4 is 33.3 Å². The van der Waals surface area contributed by atoms with Gasteiger partial charge in [0.15, 0.2) is 0 Å². The standard InChI is InChI=1S/C34H49N5O6S2/c1-24-9-7-10-25(2)32(24)30-18-31(36-33(35-30)37-47(43,44)29-12-8-11-26(17-29)20-42)45-21-27(19-34(3,4)5)38(6)28-22-46(23-28)39(13-15-40)14-16-41/h7-12,17-18,20,27-28,40-41,46H,13-16,19,21-23H2,1-6H3,(H,35,36,37)/t27-/m1/s1. The maximum Gasteiger partial charge on any atom is 0.264 e. The summed E-state index contributed by atoms with van der Waals surface area (Å²) in [5, 5.41) is 19.0. The molecule has 1 aliphatic rings. The number of nitrogens with zero attached hydrogens (tertiary/aromatic N) is 4. The first-order valence-corrected chi connectivity index (χ1v) is 19.0. The van der Waals surface area contributed by atoms with Crippen LogP contribution in [0.4, 0.5) is 5.95 Å². The molecule has 4 rings (SSSR count). The molecule has 0 amide bonds. The van der Waals surface area contributed by atoms with Crippen LogP contribution in [0.3, 0.4) is 0 Å². The number of aldehydes is 1. The summed E-state index contributed by atoms with van der Waals surface area (Å²) in [4.78, 5) is 22.7. The minimum Gasteiger partial charge on any atom is -0.476 e. The Kier molecular flexibility index (Phi) is 12.4. The van der Waals surface area contributed by atoms with Gasteiger partial charge in [-0.05, 0) is 56.0 Å². The number of aliphatic hydroxyl groups is 2. The Hall–Kier alpha value is -3.07. The topological polar surface area (TPSA) is 145 Å². The predicted octanol–water partition coefficient (Wildman–Crippen LogP) is 4.07. The second kappa shape index (κ2) is 15.9. The second-order valence-electron chi connectivity index (χ2n) is 13.3. The normalized spacial score (nSPS) is 18.2. The summed E-state index contributed by atoms with van der Waals surface area (Å²) in [5.74, 6) is 2.11. The number of nitrogens with one attached hydrogen (secondary N) is 1. The van der Waals surface area contributed by atoms with Crippen molar-refractivity contribution in [2.75, 3.05) is 56.2 Å². The quantitative estimate of drug-likeness (QED) is 0.129. The van der Waals surface area contributed by atoms with Crippen LogP contribution in [0.5, 0.6) is 5.88 Å². The number of ether oxygens (including phenoxy) is 1. The molecular formula is C34H49N5O6S2. The zero-order valence-electron chi connectivity index (χ0n) is 28.2. The molecule has 2 aromatic carbocycles. The summed E-state index contributed by atoms with van der Waals surface area (Å²) in [6.07, 6.45) is 1.45. The summed E-state index contributed by atoms with van der Waals surface area (Å²) in [6.45, 7) is 12.2. The van der Waals surface area contributed by atoms with E-state index in [9.17, 15) is 23.4 Å². The first-order chi connectivity index (χ1) is 22.2. The van der Waals surface area contributed by atoms with Gasteiger partial charge < -0.3 is 14.9 Å². The molecule has 1 aromatic heterocycles. The number of hydrogen-bond acceptors (Lipinski definition) is 10. The molecule has 13 heteroatoms. The number of hydrogen-bond donors (Lipinski definition) is 4. The third-order valence-corrected chi connectivity index (χ3v) is 12.6. The van der Waals surface area contributed by atoms with Crippen molar-refractivity contribution in [3.05, 3.63) is 65.2 Å². The van der Waals surface area contributed by atoms with Crippen LogP contribution in [0.1, 0.15) is 48.7 Å². The van der Waals surface area contributed by atoms with Gasteiger partial charge in [0, 0.05) is 53.9 Å². The van der Waals surface area contributed by atoms with E-state index in [0.717, 1.165) is 34.6 Å². The Balaban J connectivity index is 1.61. The number of anilines is 1. The van der Waals surface area contributed by atoms with Crippen molar-refractivity contribution in [2.24, 2.45) is 5.41 Å².